The number of ether oxygens (including phenoxy) is 4. The Morgan fingerprint density at radius 3 is 2.19 bits per heavy atom. The third-order valence-corrected chi connectivity index (χ3v) is 4.78. The van der Waals surface area contributed by atoms with E-state index in [4.69, 9.17) is 18.9 Å². The number of hydrogen-bond acceptors (Lipinski definition) is 5. The van der Waals surface area contributed by atoms with E-state index in [0.717, 1.165) is 20.6 Å². The van der Waals surface area contributed by atoms with Crippen molar-refractivity contribution in [2.45, 2.75) is 6.42 Å². The second-order valence-electron chi connectivity index (χ2n) is 5.37. The van der Waals surface area contributed by atoms with E-state index in [1.807, 2.05) is 18.2 Å². The highest BCUT2D eigenvalue weighted by molar-refractivity contribution is 14.1. The summed E-state index contributed by atoms with van der Waals surface area (Å²) in [7, 11) is 6.35. The summed E-state index contributed by atoms with van der Waals surface area (Å²) in [5.41, 5.74) is 1.51. The molecule has 0 aromatic heterocycles. The third kappa shape index (κ3) is 4.72. The third-order valence-electron chi connectivity index (χ3n) is 3.89. The molecule has 0 radical (unpaired) electrons. The molecule has 2 rings (SSSR count). The molecule has 2 aromatic carbocycles. The lowest BCUT2D eigenvalue weighted by molar-refractivity contribution is 0.0952. The summed E-state index contributed by atoms with van der Waals surface area (Å²) in [4.78, 5) is 12.5. The predicted molar refractivity (Wildman–Crippen MR) is 108 cm³/mol. The summed E-state index contributed by atoms with van der Waals surface area (Å²) in [6.45, 7) is 0.465. The fraction of sp³-hybridized carbons (Fsp3) is 0.316. The zero-order valence-corrected chi connectivity index (χ0v) is 17.4. The van der Waals surface area contributed by atoms with Crippen LogP contribution in [0.3, 0.4) is 0 Å². The van der Waals surface area contributed by atoms with Crippen molar-refractivity contribution in [3.8, 4) is 23.0 Å². The van der Waals surface area contributed by atoms with Crippen LogP contribution in [0.1, 0.15) is 15.9 Å². The first kappa shape index (κ1) is 20.2. The second-order valence-corrected chi connectivity index (χ2v) is 6.53. The van der Waals surface area contributed by atoms with Gasteiger partial charge in [-0.15, -0.1) is 0 Å². The molecule has 0 heterocycles. The van der Waals surface area contributed by atoms with Crippen LogP contribution in [0.5, 0.6) is 23.0 Å². The molecule has 0 atom stereocenters. The van der Waals surface area contributed by atoms with Gasteiger partial charge in [-0.2, -0.15) is 0 Å². The topological polar surface area (TPSA) is 66.0 Å². The van der Waals surface area contributed by atoms with Crippen LogP contribution in [0.2, 0.25) is 0 Å². The molecule has 1 amide bonds. The minimum absolute atomic E-state index is 0.169. The standard InChI is InChI=1S/C19H22INO5/c1-23-13-5-6-16(24-2)12(9-13)7-8-21-19(22)14-10-17(25-3)18(26-4)11-15(14)20/h5-6,9-11H,7-8H2,1-4H3,(H,21,22). The van der Waals surface area contributed by atoms with Gasteiger partial charge in [-0.25, -0.2) is 0 Å². The maximum Gasteiger partial charge on any atom is 0.252 e. The molecule has 0 saturated carbocycles. The van der Waals surface area contributed by atoms with Crippen LogP contribution < -0.4 is 24.3 Å². The average Bonchev–Trinajstić information content (AvgIpc) is 2.67. The highest BCUT2D eigenvalue weighted by atomic mass is 127. The van der Waals surface area contributed by atoms with Gasteiger partial charge in [0.15, 0.2) is 11.5 Å². The van der Waals surface area contributed by atoms with Crippen LogP contribution in [-0.2, 0) is 6.42 Å². The Bertz CT molecular complexity index is 779. The maximum atomic E-state index is 12.5. The van der Waals surface area contributed by atoms with Crippen molar-refractivity contribution in [2.75, 3.05) is 35.0 Å². The Kier molecular flexibility index (Phi) is 7.38. The first-order chi connectivity index (χ1) is 12.5. The summed E-state index contributed by atoms with van der Waals surface area (Å²) in [6, 6.07) is 9.06. The summed E-state index contributed by atoms with van der Waals surface area (Å²) >= 11 is 2.11. The van der Waals surface area contributed by atoms with E-state index in [9.17, 15) is 4.79 Å². The molecule has 0 fully saturated rings. The number of benzene rings is 2. The summed E-state index contributed by atoms with van der Waals surface area (Å²) in [5, 5.41) is 2.93. The van der Waals surface area contributed by atoms with Crippen molar-refractivity contribution in [3.05, 3.63) is 45.0 Å². The van der Waals surface area contributed by atoms with Crippen molar-refractivity contribution in [2.24, 2.45) is 0 Å². The number of amides is 1. The van der Waals surface area contributed by atoms with Gasteiger partial charge in [0.25, 0.3) is 5.91 Å². The zero-order valence-electron chi connectivity index (χ0n) is 15.2. The lowest BCUT2D eigenvalue weighted by Crippen LogP contribution is -2.26. The molecule has 2 aromatic rings. The zero-order chi connectivity index (χ0) is 19.1. The highest BCUT2D eigenvalue weighted by Crippen LogP contribution is 2.31. The van der Waals surface area contributed by atoms with E-state index in [2.05, 4.69) is 27.9 Å². The van der Waals surface area contributed by atoms with E-state index < -0.39 is 0 Å². The van der Waals surface area contributed by atoms with Gasteiger partial charge in [0.2, 0.25) is 0 Å². The van der Waals surface area contributed by atoms with Crippen molar-refractivity contribution in [1.82, 2.24) is 5.32 Å². The molecule has 0 aliphatic carbocycles. The van der Waals surface area contributed by atoms with Crippen LogP contribution in [0.4, 0.5) is 0 Å². The summed E-state index contributed by atoms with van der Waals surface area (Å²) < 4.78 is 21.9. The van der Waals surface area contributed by atoms with Crippen LogP contribution in [-0.4, -0.2) is 40.9 Å². The number of methoxy groups -OCH3 is 4. The van der Waals surface area contributed by atoms with Gasteiger partial charge >= 0.3 is 0 Å². The van der Waals surface area contributed by atoms with Crippen molar-refractivity contribution >= 4 is 28.5 Å². The molecular weight excluding hydrogens is 449 g/mol. The van der Waals surface area contributed by atoms with E-state index >= 15 is 0 Å². The van der Waals surface area contributed by atoms with E-state index in [0.29, 0.717) is 30.0 Å². The Balaban J connectivity index is 2.08. The van der Waals surface area contributed by atoms with Gasteiger partial charge < -0.3 is 24.3 Å². The van der Waals surface area contributed by atoms with Gasteiger partial charge in [-0.05, 0) is 64.9 Å². The normalized spacial score (nSPS) is 10.2. The molecule has 0 aliphatic heterocycles. The van der Waals surface area contributed by atoms with Gasteiger partial charge in [0.05, 0.1) is 34.0 Å². The predicted octanol–water partition coefficient (Wildman–Crippen LogP) is 3.30. The molecule has 7 heteroatoms. The molecule has 6 nitrogen and oxygen atoms in total. The van der Waals surface area contributed by atoms with Crippen LogP contribution in [0.25, 0.3) is 0 Å². The first-order valence-corrected chi connectivity index (χ1v) is 9.02. The lowest BCUT2D eigenvalue weighted by Gasteiger charge is -2.13. The molecule has 140 valence electrons. The second kappa shape index (κ2) is 9.51. The van der Waals surface area contributed by atoms with Crippen molar-refractivity contribution in [3.63, 3.8) is 0 Å². The quantitative estimate of drug-likeness (QED) is 0.599. The Morgan fingerprint density at radius 1 is 0.923 bits per heavy atom. The number of halogens is 1. The molecule has 0 unspecified atom stereocenters. The van der Waals surface area contributed by atoms with Crippen LogP contribution in [0.15, 0.2) is 30.3 Å². The van der Waals surface area contributed by atoms with Crippen LogP contribution >= 0.6 is 22.6 Å². The molecule has 0 saturated heterocycles. The maximum absolute atomic E-state index is 12.5. The number of carbonyl (C=O) groups excluding carboxylic acids is 1. The van der Waals surface area contributed by atoms with Gasteiger partial charge in [0.1, 0.15) is 11.5 Å². The largest absolute Gasteiger partial charge is 0.497 e. The van der Waals surface area contributed by atoms with Gasteiger partial charge in [-0.3, -0.25) is 4.79 Å². The fourth-order valence-electron chi connectivity index (χ4n) is 2.51. The minimum Gasteiger partial charge on any atom is -0.497 e. The first-order valence-electron chi connectivity index (χ1n) is 7.94. The highest BCUT2D eigenvalue weighted by Gasteiger charge is 2.15. The average molecular weight is 471 g/mol. The molecule has 0 spiro atoms. The molecule has 1 N–H and O–H groups in total. The molecule has 26 heavy (non-hydrogen) atoms. The van der Waals surface area contributed by atoms with Crippen molar-refractivity contribution < 1.29 is 23.7 Å². The smallest absolute Gasteiger partial charge is 0.252 e. The number of rotatable bonds is 8. The number of nitrogens with one attached hydrogen (secondary N) is 1. The van der Waals surface area contributed by atoms with Crippen molar-refractivity contribution in [1.29, 1.82) is 0 Å². The Labute approximate surface area is 166 Å². The van der Waals surface area contributed by atoms with E-state index in [1.54, 1.807) is 40.6 Å². The van der Waals surface area contributed by atoms with E-state index in [-0.39, 0.29) is 5.91 Å². The van der Waals surface area contributed by atoms with E-state index in [1.165, 1.54) is 0 Å². The summed E-state index contributed by atoms with van der Waals surface area (Å²) in [6.07, 6.45) is 0.621. The molecule has 0 aliphatic rings. The fourth-order valence-corrected chi connectivity index (χ4v) is 3.19. The lowest BCUT2D eigenvalue weighted by atomic mass is 10.1. The molecular formula is C19H22INO5. The van der Waals surface area contributed by atoms with Crippen LogP contribution in [0, 0.1) is 3.57 Å². The SMILES string of the molecule is COc1ccc(OC)c(CCNC(=O)c2cc(OC)c(OC)cc2I)c1. The minimum atomic E-state index is -0.169. The Morgan fingerprint density at radius 2 is 1.58 bits per heavy atom. The number of carbonyl (C=O) groups is 1. The van der Waals surface area contributed by atoms with Gasteiger partial charge in [0, 0.05) is 10.1 Å². The summed E-state index contributed by atoms with van der Waals surface area (Å²) in [5.74, 6) is 2.46. The van der Waals surface area contributed by atoms with Gasteiger partial charge in [-0.1, -0.05) is 0 Å². The molecule has 0 bridgehead atoms. The monoisotopic (exact) mass is 471 g/mol. The number of hydrogen-bond donors (Lipinski definition) is 1. The Hall–Kier alpha value is -2.16.